The fraction of sp³-hybridized carbons (Fsp3) is 0.278. The van der Waals surface area contributed by atoms with Crippen LogP contribution in [0, 0.1) is 0 Å². The highest BCUT2D eigenvalue weighted by Gasteiger charge is 2.09. The lowest BCUT2D eigenvalue weighted by Gasteiger charge is -2.07. The molecule has 3 rings (SSSR count). The molecule has 1 amide bonds. The second kappa shape index (κ2) is 9.21. The Bertz CT molecular complexity index is 833. The molecule has 0 fully saturated rings. The Morgan fingerprint density at radius 1 is 1.35 bits per heavy atom. The number of benzene rings is 1. The Labute approximate surface area is 155 Å². The van der Waals surface area contributed by atoms with Gasteiger partial charge in [0.2, 0.25) is 0 Å². The van der Waals surface area contributed by atoms with Crippen LogP contribution in [0.1, 0.15) is 21.7 Å². The zero-order chi connectivity index (χ0) is 18.2. The average molecular weight is 372 g/mol. The van der Waals surface area contributed by atoms with Crippen LogP contribution in [0.5, 0.6) is 0 Å². The number of methoxy groups -OCH3 is 1. The van der Waals surface area contributed by atoms with Crippen LogP contribution < -0.4 is 5.32 Å². The van der Waals surface area contributed by atoms with Gasteiger partial charge in [0, 0.05) is 25.0 Å². The van der Waals surface area contributed by atoms with E-state index >= 15 is 0 Å². The van der Waals surface area contributed by atoms with Crippen LogP contribution in [0.2, 0.25) is 0 Å². The van der Waals surface area contributed by atoms with E-state index in [9.17, 15) is 4.79 Å². The summed E-state index contributed by atoms with van der Waals surface area (Å²) in [5.74, 6) is 1.29. The molecule has 2 heterocycles. The minimum atomic E-state index is -0.128. The van der Waals surface area contributed by atoms with Crippen molar-refractivity contribution in [1.82, 2.24) is 20.1 Å². The Kier molecular flexibility index (Phi) is 6.45. The third-order valence-electron chi connectivity index (χ3n) is 3.68. The normalized spacial score (nSPS) is 10.8. The Balaban J connectivity index is 1.57. The number of hydrogen-bond acceptors (Lipinski definition) is 6. The van der Waals surface area contributed by atoms with Crippen molar-refractivity contribution in [3.8, 4) is 0 Å². The van der Waals surface area contributed by atoms with Gasteiger partial charge in [-0.2, -0.15) is 0 Å². The highest BCUT2D eigenvalue weighted by molar-refractivity contribution is 7.98. The largest absolute Gasteiger partial charge is 0.467 e. The first kappa shape index (κ1) is 18.2. The van der Waals surface area contributed by atoms with Crippen molar-refractivity contribution in [3.05, 3.63) is 65.9 Å². The molecule has 8 heteroatoms. The van der Waals surface area contributed by atoms with Crippen molar-refractivity contribution in [2.75, 3.05) is 13.7 Å². The Morgan fingerprint density at radius 3 is 3.08 bits per heavy atom. The van der Waals surface area contributed by atoms with E-state index in [0.29, 0.717) is 31.0 Å². The van der Waals surface area contributed by atoms with Crippen molar-refractivity contribution in [2.45, 2.75) is 24.0 Å². The third-order valence-corrected chi connectivity index (χ3v) is 4.73. The van der Waals surface area contributed by atoms with E-state index in [1.165, 1.54) is 0 Å². The highest BCUT2D eigenvalue weighted by atomic mass is 32.2. The molecule has 0 saturated carbocycles. The number of rotatable bonds is 9. The molecule has 0 spiro atoms. The maximum Gasteiger partial charge on any atom is 0.251 e. The molecular formula is C18H20N4O3S. The van der Waals surface area contributed by atoms with Crippen LogP contribution >= 0.6 is 11.8 Å². The number of nitrogens with one attached hydrogen (secondary N) is 1. The quantitative estimate of drug-likeness (QED) is 0.582. The lowest BCUT2D eigenvalue weighted by molar-refractivity contribution is 0.0948. The molecule has 0 aliphatic rings. The van der Waals surface area contributed by atoms with Crippen LogP contribution in [0.4, 0.5) is 0 Å². The van der Waals surface area contributed by atoms with E-state index in [1.807, 2.05) is 28.8 Å². The van der Waals surface area contributed by atoms with E-state index in [0.717, 1.165) is 16.5 Å². The maximum absolute atomic E-state index is 12.3. The summed E-state index contributed by atoms with van der Waals surface area (Å²) in [5.41, 5.74) is 1.66. The van der Waals surface area contributed by atoms with Gasteiger partial charge in [-0.25, -0.2) is 0 Å². The third kappa shape index (κ3) is 4.96. The molecule has 2 aromatic heterocycles. The number of thioether (sulfide) groups is 1. The minimum Gasteiger partial charge on any atom is -0.467 e. The van der Waals surface area contributed by atoms with E-state index in [-0.39, 0.29) is 5.91 Å². The number of aromatic nitrogens is 3. The number of carbonyl (C=O) groups excluding carboxylic acids is 1. The van der Waals surface area contributed by atoms with Crippen molar-refractivity contribution in [1.29, 1.82) is 0 Å². The predicted octanol–water partition coefficient (Wildman–Crippen LogP) is 2.74. The van der Waals surface area contributed by atoms with E-state index in [4.69, 9.17) is 9.15 Å². The zero-order valence-corrected chi connectivity index (χ0v) is 15.2. The van der Waals surface area contributed by atoms with Gasteiger partial charge in [0.1, 0.15) is 12.1 Å². The molecule has 136 valence electrons. The zero-order valence-electron chi connectivity index (χ0n) is 14.4. The SMILES string of the molecule is COCCn1cnnc1SCc1cccc(C(=O)NCc2ccco2)c1. The number of amides is 1. The fourth-order valence-corrected chi connectivity index (χ4v) is 3.22. The van der Waals surface area contributed by atoms with Gasteiger partial charge in [0.05, 0.1) is 19.4 Å². The van der Waals surface area contributed by atoms with Crippen molar-refractivity contribution < 1.29 is 13.9 Å². The molecule has 0 saturated heterocycles. The summed E-state index contributed by atoms with van der Waals surface area (Å²) < 4.78 is 12.3. The smallest absolute Gasteiger partial charge is 0.251 e. The van der Waals surface area contributed by atoms with E-state index in [1.54, 1.807) is 43.6 Å². The maximum atomic E-state index is 12.3. The van der Waals surface area contributed by atoms with Crippen LogP contribution in [0.15, 0.2) is 58.6 Å². The average Bonchev–Trinajstić information content (AvgIpc) is 3.34. The molecule has 0 aliphatic carbocycles. The van der Waals surface area contributed by atoms with Crippen molar-refractivity contribution in [2.24, 2.45) is 0 Å². The van der Waals surface area contributed by atoms with Crippen LogP contribution in [-0.2, 0) is 23.6 Å². The number of ether oxygens (including phenoxy) is 1. The fourth-order valence-electron chi connectivity index (χ4n) is 2.33. The molecule has 0 atom stereocenters. The van der Waals surface area contributed by atoms with Gasteiger partial charge in [0.25, 0.3) is 5.91 Å². The van der Waals surface area contributed by atoms with Gasteiger partial charge < -0.3 is 19.0 Å². The van der Waals surface area contributed by atoms with E-state index < -0.39 is 0 Å². The van der Waals surface area contributed by atoms with Gasteiger partial charge in [0.15, 0.2) is 5.16 Å². The summed E-state index contributed by atoms with van der Waals surface area (Å²) in [6.45, 7) is 1.69. The number of furan rings is 1. The van der Waals surface area contributed by atoms with Crippen LogP contribution in [-0.4, -0.2) is 34.4 Å². The number of hydrogen-bond donors (Lipinski definition) is 1. The monoisotopic (exact) mass is 372 g/mol. The van der Waals surface area contributed by atoms with Crippen molar-refractivity contribution >= 4 is 17.7 Å². The molecule has 3 aromatic rings. The number of nitrogens with zero attached hydrogens (tertiary/aromatic N) is 3. The van der Waals surface area contributed by atoms with Crippen LogP contribution in [0.3, 0.4) is 0 Å². The first-order valence-corrected chi connectivity index (χ1v) is 9.14. The second-order valence-electron chi connectivity index (χ2n) is 5.55. The predicted molar refractivity (Wildman–Crippen MR) is 97.8 cm³/mol. The molecule has 0 radical (unpaired) electrons. The first-order chi connectivity index (χ1) is 12.8. The molecule has 1 N–H and O–H groups in total. The summed E-state index contributed by atoms with van der Waals surface area (Å²) in [5, 5.41) is 11.8. The van der Waals surface area contributed by atoms with Gasteiger partial charge in [-0.3, -0.25) is 4.79 Å². The standard InChI is InChI=1S/C18H20N4O3S/c1-24-9-7-22-13-20-21-18(22)26-12-14-4-2-5-15(10-14)17(23)19-11-16-6-3-8-25-16/h2-6,8,10,13H,7,9,11-12H2,1H3,(H,19,23). The molecule has 26 heavy (non-hydrogen) atoms. The summed E-state index contributed by atoms with van der Waals surface area (Å²) in [6, 6.07) is 11.2. The molecule has 7 nitrogen and oxygen atoms in total. The molecule has 0 bridgehead atoms. The lowest BCUT2D eigenvalue weighted by Crippen LogP contribution is -2.22. The topological polar surface area (TPSA) is 82.2 Å². The van der Waals surface area contributed by atoms with Gasteiger partial charge in [-0.1, -0.05) is 23.9 Å². The highest BCUT2D eigenvalue weighted by Crippen LogP contribution is 2.21. The molecular weight excluding hydrogens is 352 g/mol. The van der Waals surface area contributed by atoms with Crippen LogP contribution in [0.25, 0.3) is 0 Å². The summed E-state index contributed by atoms with van der Waals surface area (Å²) in [7, 11) is 1.67. The number of carbonyl (C=O) groups is 1. The first-order valence-electron chi connectivity index (χ1n) is 8.15. The van der Waals surface area contributed by atoms with Gasteiger partial charge in [-0.05, 0) is 29.8 Å². The molecule has 0 aliphatic heterocycles. The Morgan fingerprint density at radius 2 is 2.27 bits per heavy atom. The van der Waals surface area contributed by atoms with E-state index in [2.05, 4.69) is 15.5 Å². The lowest BCUT2D eigenvalue weighted by atomic mass is 10.1. The second-order valence-corrected chi connectivity index (χ2v) is 6.49. The van der Waals surface area contributed by atoms with Gasteiger partial charge in [-0.15, -0.1) is 10.2 Å². The summed E-state index contributed by atoms with van der Waals surface area (Å²) in [6.07, 6.45) is 3.28. The summed E-state index contributed by atoms with van der Waals surface area (Å²) in [4.78, 5) is 12.3. The van der Waals surface area contributed by atoms with Crippen molar-refractivity contribution in [3.63, 3.8) is 0 Å². The summed E-state index contributed by atoms with van der Waals surface area (Å²) >= 11 is 1.58. The minimum absolute atomic E-state index is 0.128. The molecule has 0 unspecified atom stereocenters. The van der Waals surface area contributed by atoms with Gasteiger partial charge >= 0.3 is 0 Å². The molecule has 1 aromatic carbocycles. The Hall–Kier alpha value is -2.58.